The molecule has 4 fully saturated rings. The number of nitrogen functional groups attached to an aromatic ring is 2. The zero-order valence-electron chi connectivity index (χ0n) is 48.3. The summed E-state index contributed by atoms with van der Waals surface area (Å²) in [5.41, 5.74) is 11.3. The topological polar surface area (TPSA) is 577 Å². The molecule has 0 bridgehead atoms. The molecule has 4 aliphatic rings. The largest absolute Gasteiger partial charge is 0.472 e. The summed E-state index contributed by atoms with van der Waals surface area (Å²) in [5, 5.41) is 37.3. The molecule has 0 saturated carbocycles. The first-order chi connectivity index (χ1) is 42.4. The molecule has 4 aliphatic heterocycles. The number of phosphoric ester groups is 4. The van der Waals surface area contributed by atoms with Crippen molar-refractivity contribution in [3.63, 3.8) is 0 Å². The number of nitrogens with one attached hydrogen (secondary N) is 2. The average molecular weight is 1360 g/mol. The maximum absolute atomic E-state index is 11.9. The first-order valence-corrected chi connectivity index (χ1v) is 32.4. The molecular weight excluding hydrogens is 1290 g/mol. The van der Waals surface area contributed by atoms with E-state index in [-0.39, 0.29) is 49.2 Å². The van der Waals surface area contributed by atoms with Crippen molar-refractivity contribution in [2.75, 3.05) is 66.3 Å². The third-order valence-electron chi connectivity index (χ3n) is 13.7. The van der Waals surface area contributed by atoms with Crippen LogP contribution in [-0.4, -0.2) is 197 Å². The molecule has 6 aromatic rings. The molecule has 4 saturated heterocycles. The normalized spacial score (nSPS) is 27.5. The number of pyridine rings is 1. The Bertz CT molecular complexity index is 3890. The van der Waals surface area contributed by atoms with Gasteiger partial charge in [0.2, 0.25) is 0 Å². The lowest BCUT2D eigenvalue weighted by Gasteiger charge is -2.18. The molecule has 10 rings (SSSR count). The van der Waals surface area contributed by atoms with Crippen molar-refractivity contribution in [1.82, 2.24) is 53.2 Å². The monoisotopic (exact) mass is 1360 g/mol. The standard InChI is InChI=1S/C12H17N4O7P.C12H17N4O6P.C11H17N2O8P.C10H16N3O7P/c1-6-14-11-10(12(18)15-6)13-5-16(11)9-3-7(8(4-17)22-9)23-24(19,20)21-2;1-20-23(18,19)22-8-4-10(21-9(8)5-17)16-6-15-11-7(13)2-3-14-12(11)16;1-6-4-13(11(16)12-10(6)15)9-3-7(8(5-14)20-9)21-22(17,18)19-2;1-18-21(16,17)20-6-4-9(19-7(6)5-14)13-3-2-8(11)12-10(13)15/h5,7-9,17H,3-4H2,1-2H3,(H,19,20)(H,14,15,18);2-3,6,8-10,17H,4-5H2,1H3,(H2,13,14)(H,18,19);4,7-9,14H,3,5H2,1-2H3,(H,17,18)(H,12,15,16);2-3,6-7,9,14H,4-5H2,1H3,(H,16,17)(H2,11,12,15). The van der Waals surface area contributed by atoms with Crippen LogP contribution in [0.15, 0.2) is 62.6 Å². The highest BCUT2D eigenvalue weighted by Gasteiger charge is 2.45. The number of hydrogen-bond acceptors (Lipinski definition) is 31. The van der Waals surface area contributed by atoms with Gasteiger partial charge < -0.3 is 75.4 Å². The van der Waals surface area contributed by atoms with E-state index in [1.54, 1.807) is 23.8 Å². The Kier molecular flexibility index (Phi) is 24.2. The zero-order valence-corrected chi connectivity index (χ0v) is 51.9. The first-order valence-electron chi connectivity index (χ1n) is 26.4. The quantitative estimate of drug-likeness (QED) is 0.0398. The molecule has 500 valence electrons. The van der Waals surface area contributed by atoms with Gasteiger partial charge >= 0.3 is 42.7 Å². The second-order valence-electron chi connectivity index (χ2n) is 19.6. The number of nitrogens with zero attached hydrogens (tertiary/aromatic N) is 9. The van der Waals surface area contributed by atoms with Crippen molar-refractivity contribution in [1.29, 1.82) is 0 Å². The number of nitrogens with two attached hydrogens (primary N) is 2. The van der Waals surface area contributed by atoms with Gasteiger partial charge in [0, 0.05) is 78.3 Å². The average Bonchev–Trinajstić information content (AvgIpc) is 1.70. The summed E-state index contributed by atoms with van der Waals surface area (Å²) < 4.78 is 111. The summed E-state index contributed by atoms with van der Waals surface area (Å²) in [5.74, 6) is 0.484. The van der Waals surface area contributed by atoms with Crippen molar-refractivity contribution < 1.29 is 113 Å². The van der Waals surface area contributed by atoms with E-state index in [9.17, 15) is 77.4 Å². The number of fused-ring (bicyclic) bond motifs is 2. The summed E-state index contributed by atoms with van der Waals surface area (Å²) in [7, 11) is -12.7. The Hall–Kier alpha value is -5.75. The fraction of sp³-hybridized carbons (Fsp3) is 0.578. The minimum absolute atomic E-state index is 0.0323. The third-order valence-corrected chi connectivity index (χ3v) is 17.7. The maximum atomic E-state index is 11.9. The van der Waals surface area contributed by atoms with E-state index < -0.39 is 142 Å². The van der Waals surface area contributed by atoms with Crippen LogP contribution in [0.1, 0.15) is 62.0 Å². The number of ether oxygens (including phenoxy) is 4. The van der Waals surface area contributed by atoms with Crippen LogP contribution in [-0.2, 0) is 73.4 Å². The Morgan fingerprint density at radius 2 is 0.944 bits per heavy atom. The highest BCUT2D eigenvalue weighted by Crippen LogP contribution is 2.51. The van der Waals surface area contributed by atoms with E-state index in [1.165, 1.54) is 42.6 Å². The SMILES string of the molecule is COP(=O)(O)OC1CC(n2cc(C)c(=O)[nH]c2=O)OC1CO.COP(=O)(O)OC1CC(n2ccc(N)nc2=O)OC1CO.COP(=O)(O)OC1CC(n2cnc3c(=O)[nH]c(C)nc32)OC1CO.COP(=O)(O)OC1CC(n2cnc3c(N)ccnc32)OC1CO. The summed E-state index contributed by atoms with van der Waals surface area (Å²) in [6, 6.07) is 3.05. The second kappa shape index (κ2) is 30.3. The van der Waals surface area contributed by atoms with Gasteiger partial charge in [0.25, 0.3) is 11.1 Å². The summed E-state index contributed by atoms with van der Waals surface area (Å²) in [6.07, 6.45) is -2.09. The molecule has 0 spiro atoms. The number of aryl methyl sites for hydroxylation is 2. The number of aliphatic hydroxyl groups excluding tert-OH is 4. The molecule has 10 heterocycles. The smallest absolute Gasteiger partial charge is 0.397 e. The highest BCUT2D eigenvalue weighted by atomic mass is 31.2. The number of imidazole rings is 2. The zero-order chi connectivity index (χ0) is 66.2. The Labute approximate surface area is 506 Å². The van der Waals surface area contributed by atoms with Crippen molar-refractivity contribution in [3.05, 3.63) is 96.4 Å². The fourth-order valence-corrected chi connectivity index (χ4v) is 11.9. The van der Waals surface area contributed by atoms with Crippen LogP contribution in [0.3, 0.4) is 0 Å². The van der Waals surface area contributed by atoms with Gasteiger partial charge in [-0.05, 0) is 26.0 Å². The molecule has 16 unspecified atom stereocenters. The molecule has 90 heavy (non-hydrogen) atoms. The molecule has 6 aromatic heterocycles. The van der Waals surface area contributed by atoms with E-state index in [0.717, 1.165) is 37.6 Å². The van der Waals surface area contributed by atoms with E-state index >= 15 is 0 Å². The van der Waals surface area contributed by atoms with Crippen molar-refractivity contribution in [2.45, 2.75) is 113 Å². The number of aliphatic hydroxyl groups is 4. The third kappa shape index (κ3) is 17.7. The van der Waals surface area contributed by atoms with Crippen LogP contribution in [0, 0.1) is 13.8 Å². The van der Waals surface area contributed by atoms with Crippen LogP contribution in [0.2, 0.25) is 0 Å². The van der Waals surface area contributed by atoms with Crippen molar-refractivity contribution >= 4 is 65.1 Å². The minimum atomic E-state index is -4.26. The summed E-state index contributed by atoms with van der Waals surface area (Å²) >= 11 is 0. The molecule has 0 radical (unpaired) electrons. The minimum Gasteiger partial charge on any atom is -0.397 e. The van der Waals surface area contributed by atoms with Crippen LogP contribution in [0.25, 0.3) is 22.3 Å². The van der Waals surface area contributed by atoms with Crippen molar-refractivity contribution in [2.24, 2.45) is 0 Å². The van der Waals surface area contributed by atoms with Gasteiger partial charge in [-0.2, -0.15) is 4.98 Å². The predicted octanol–water partition coefficient (Wildman–Crippen LogP) is -1.24. The Balaban J connectivity index is 0.000000171. The highest BCUT2D eigenvalue weighted by molar-refractivity contribution is 7.48. The number of anilines is 2. The molecule has 0 aromatic carbocycles. The Morgan fingerprint density at radius 3 is 1.36 bits per heavy atom. The molecule has 41 nitrogen and oxygen atoms in total. The lowest BCUT2D eigenvalue weighted by molar-refractivity contribution is -0.0458. The number of H-pyrrole nitrogens is 2. The van der Waals surface area contributed by atoms with Gasteiger partial charge in [-0.1, -0.05) is 0 Å². The van der Waals surface area contributed by atoms with E-state index in [0.29, 0.717) is 33.9 Å². The maximum Gasteiger partial charge on any atom is 0.472 e. The molecule has 16 atom stereocenters. The van der Waals surface area contributed by atoms with Crippen LogP contribution in [0.5, 0.6) is 0 Å². The predicted molar refractivity (Wildman–Crippen MR) is 303 cm³/mol. The van der Waals surface area contributed by atoms with Gasteiger partial charge in [0.15, 0.2) is 16.8 Å². The van der Waals surface area contributed by atoms with Crippen LogP contribution in [0.4, 0.5) is 11.5 Å². The first kappa shape index (κ1) is 71.7. The van der Waals surface area contributed by atoms with E-state index in [2.05, 4.69) is 53.0 Å². The van der Waals surface area contributed by atoms with Gasteiger partial charge in [-0.15, -0.1) is 0 Å². The van der Waals surface area contributed by atoms with Crippen molar-refractivity contribution in [3.8, 4) is 0 Å². The van der Waals surface area contributed by atoms with Gasteiger partial charge in [0.1, 0.15) is 90.9 Å². The molecule has 45 heteroatoms. The van der Waals surface area contributed by atoms with Gasteiger partial charge in [-0.3, -0.25) is 69.0 Å². The second-order valence-corrected chi connectivity index (χ2v) is 25.6. The fourth-order valence-electron chi connectivity index (χ4n) is 9.30. The lowest BCUT2D eigenvalue weighted by atomic mass is 10.2. The van der Waals surface area contributed by atoms with Gasteiger partial charge in [-0.25, -0.2) is 47.8 Å². The molecular formula is C45H67N13O28P4. The van der Waals surface area contributed by atoms with Crippen LogP contribution >= 0.6 is 31.3 Å². The number of hydrogen-bond donors (Lipinski definition) is 12. The Morgan fingerprint density at radius 1 is 0.544 bits per heavy atom. The summed E-state index contributed by atoms with van der Waals surface area (Å²) in [6.45, 7) is 1.46. The number of aromatic amines is 2. The number of aromatic nitrogens is 11. The lowest BCUT2D eigenvalue weighted by Crippen LogP contribution is -2.33. The molecule has 14 N–H and O–H groups in total. The van der Waals surface area contributed by atoms with E-state index in [4.69, 9.17) is 48.5 Å². The molecule has 0 aliphatic carbocycles. The summed E-state index contributed by atoms with van der Waals surface area (Å²) in [4.78, 5) is 109. The molecule has 0 amide bonds. The van der Waals surface area contributed by atoms with Gasteiger partial charge in [0.05, 0.1) is 44.8 Å². The van der Waals surface area contributed by atoms with E-state index in [1.807, 2.05) is 0 Å². The number of rotatable bonds is 20. The number of phosphoric acid groups is 4. The van der Waals surface area contributed by atoms with Crippen LogP contribution < -0.4 is 34.0 Å².